The quantitative estimate of drug-likeness (QED) is 0.406. The lowest BCUT2D eigenvalue weighted by atomic mass is 9.92. The molecular formula is C27H42N4O3. The molecule has 0 aliphatic carbocycles. The lowest BCUT2D eigenvalue weighted by Gasteiger charge is -2.22. The van der Waals surface area contributed by atoms with Crippen molar-refractivity contribution in [1.82, 2.24) is 14.7 Å². The average molecular weight is 471 g/mol. The van der Waals surface area contributed by atoms with E-state index in [1.54, 1.807) is 16.7 Å². The Kier molecular flexibility index (Phi) is 10.8. The molecule has 1 heterocycles. The molecule has 7 nitrogen and oxygen atoms in total. The molecule has 0 unspecified atom stereocenters. The summed E-state index contributed by atoms with van der Waals surface area (Å²) in [5, 5.41) is 7.79. The van der Waals surface area contributed by atoms with E-state index >= 15 is 0 Å². The Hall–Kier alpha value is -2.67. The second kappa shape index (κ2) is 13.3. The van der Waals surface area contributed by atoms with Crippen LogP contribution in [0.1, 0.15) is 77.5 Å². The number of aryl methyl sites for hydroxylation is 1. The predicted molar refractivity (Wildman–Crippen MR) is 137 cm³/mol. The van der Waals surface area contributed by atoms with Gasteiger partial charge in [-0.2, -0.15) is 5.10 Å². The molecule has 0 radical (unpaired) electrons. The topological polar surface area (TPSA) is 76.5 Å². The summed E-state index contributed by atoms with van der Waals surface area (Å²) < 4.78 is 6.92. The van der Waals surface area contributed by atoms with Crippen LogP contribution in [-0.2, 0) is 19.7 Å². The highest BCUT2D eigenvalue weighted by molar-refractivity contribution is 5.94. The molecule has 2 rings (SSSR count). The Balaban J connectivity index is 2.18. The van der Waals surface area contributed by atoms with Gasteiger partial charge in [0.05, 0.1) is 17.9 Å². The third-order valence-corrected chi connectivity index (χ3v) is 5.70. The van der Waals surface area contributed by atoms with Crippen molar-refractivity contribution < 1.29 is 14.3 Å². The molecule has 0 spiro atoms. The minimum atomic E-state index is -0.228. The van der Waals surface area contributed by atoms with Crippen LogP contribution in [0.2, 0.25) is 0 Å². The molecule has 1 N–H and O–H groups in total. The van der Waals surface area contributed by atoms with Gasteiger partial charge in [0, 0.05) is 38.2 Å². The van der Waals surface area contributed by atoms with Gasteiger partial charge in [0.2, 0.25) is 11.8 Å². The molecule has 1 aromatic carbocycles. The Morgan fingerprint density at radius 3 is 2.53 bits per heavy atom. The molecule has 2 aromatic rings. The average Bonchev–Trinajstić information content (AvgIpc) is 3.20. The molecule has 7 heteroatoms. The van der Waals surface area contributed by atoms with E-state index in [9.17, 15) is 9.59 Å². The zero-order chi connectivity index (χ0) is 25.1. The molecule has 1 aromatic heterocycles. The fourth-order valence-corrected chi connectivity index (χ4v) is 3.70. The predicted octanol–water partition coefficient (Wildman–Crippen LogP) is 5.25. The highest BCUT2D eigenvalue weighted by atomic mass is 16.5. The van der Waals surface area contributed by atoms with Gasteiger partial charge < -0.3 is 15.0 Å². The van der Waals surface area contributed by atoms with Crippen LogP contribution in [0.25, 0.3) is 5.69 Å². The van der Waals surface area contributed by atoms with E-state index in [4.69, 9.17) is 9.84 Å². The number of nitrogens with zero attached hydrogens (tertiary/aromatic N) is 3. The summed E-state index contributed by atoms with van der Waals surface area (Å²) in [4.78, 5) is 27.6. The molecular weight excluding hydrogens is 428 g/mol. The van der Waals surface area contributed by atoms with E-state index < -0.39 is 0 Å². The summed E-state index contributed by atoms with van der Waals surface area (Å²) in [6.45, 7) is 11.5. The first-order valence-corrected chi connectivity index (χ1v) is 12.4. The Labute approximate surface area is 204 Å². The van der Waals surface area contributed by atoms with Gasteiger partial charge in [-0.1, -0.05) is 59.1 Å². The van der Waals surface area contributed by atoms with Crippen molar-refractivity contribution in [3.63, 3.8) is 0 Å². The van der Waals surface area contributed by atoms with Crippen LogP contribution < -0.4 is 5.32 Å². The van der Waals surface area contributed by atoms with E-state index in [0.29, 0.717) is 31.8 Å². The number of unbranched alkanes of at least 4 members (excludes halogenated alkanes) is 3. The van der Waals surface area contributed by atoms with Crippen LogP contribution in [0, 0.1) is 6.92 Å². The van der Waals surface area contributed by atoms with Crippen LogP contribution in [0.15, 0.2) is 30.3 Å². The van der Waals surface area contributed by atoms with Crippen LogP contribution in [0.5, 0.6) is 0 Å². The summed E-state index contributed by atoms with van der Waals surface area (Å²) in [5.74, 6) is 0.395. The van der Waals surface area contributed by atoms with Crippen molar-refractivity contribution in [3.8, 4) is 5.69 Å². The van der Waals surface area contributed by atoms with Crippen molar-refractivity contribution >= 4 is 17.6 Å². The Morgan fingerprint density at radius 1 is 1.12 bits per heavy atom. The maximum Gasteiger partial charge on any atom is 0.245 e. The molecule has 0 aliphatic heterocycles. The number of carbonyl (C=O) groups is 2. The summed E-state index contributed by atoms with van der Waals surface area (Å²) in [6, 6.07) is 9.93. The lowest BCUT2D eigenvalue weighted by molar-refractivity contribution is -0.135. The number of aromatic nitrogens is 2. The number of rotatable bonds is 13. The van der Waals surface area contributed by atoms with E-state index in [0.717, 1.165) is 42.6 Å². The van der Waals surface area contributed by atoms with Crippen LogP contribution >= 0.6 is 0 Å². The molecule has 34 heavy (non-hydrogen) atoms. The monoisotopic (exact) mass is 470 g/mol. The van der Waals surface area contributed by atoms with E-state index in [1.165, 1.54) is 0 Å². The van der Waals surface area contributed by atoms with Gasteiger partial charge in [-0.25, -0.2) is 4.68 Å². The van der Waals surface area contributed by atoms with Gasteiger partial charge in [-0.15, -0.1) is 0 Å². The number of hydrogen-bond acceptors (Lipinski definition) is 4. The Morgan fingerprint density at radius 2 is 1.88 bits per heavy atom. The van der Waals surface area contributed by atoms with Crippen LogP contribution in [-0.4, -0.2) is 53.3 Å². The molecule has 188 valence electrons. The maximum atomic E-state index is 13.1. The Bertz CT molecular complexity index is 930. The number of ether oxygens (including phenoxy) is 1. The molecule has 0 saturated heterocycles. The minimum Gasteiger partial charge on any atom is -0.385 e. The van der Waals surface area contributed by atoms with Gasteiger partial charge in [0.1, 0.15) is 5.82 Å². The number of carbonyl (C=O) groups excluding carboxylic acids is 2. The smallest absolute Gasteiger partial charge is 0.245 e. The maximum absolute atomic E-state index is 13.1. The largest absolute Gasteiger partial charge is 0.385 e. The minimum absolute atomic E-state index is 0.0141. The normalized spacial score (nSPS) is 11.5. The molecule has 0 aliphatic rings. The molecule has 0 saturated carbocycles. The zero-order valence-corrected chi connectivity index (χ0v) is 21.8. The van der Waals surface area contributed by atoms with Crippen molar-refractivity contribution in [1.29, 1.82) is 0 Å². The first-order valence-electron chi connectivity index (χ1n) is 12.4. The van der Waals surface area contributed by atoms with Crippen molar-refractivity contribution in [2.24, 2.45) is 0 Å². The van der Waals surface area contributed by atoms with Crippen LogP contribution in [0.3, 0.4) is 0 Å². The third kappa shape index (κ3) is 8.60. The first kappa shape index (κ1) is 27.6. The van der Waals surface area contributed by atoms with Crippen molar-refractivity contribution in [2.45, 2.75) is 78.6 Å². The van der Waals surface area contributed by atoms with Gasteiger partial charge in [-0.05, 0) is 37.5 Å². The third-order valence-electron chi connectivity index (χ3n) is 5.70. The highest BCUT2D eigenvalue weighted by Crippen LogP contribution is 2.26. The number of amides is 2. The molecule has 0 atom stereocenters. The summed E-state index contributed by atoms with van der Waals surface area (Å²) in [6.07, 6.45) is 5.29. The SMILES string of the molecule is CCCCCCC(=O)N(CCCOC)CC(=O)Nc1cc(C(C)(C)C)nn1-c1cccc(C)c1. The van der Waals surface area contributed by atoms with Gasteiger partial charge in [0.15, 0.2) is 0 Å². The highest BCUT2D eigenvalue weighted by Gasteiger charge is 2.23. The fourth-order valence-electron chi connectivity index (χ4n) is 3.70. The number of nitrogens with one attached hydrogen (secondary N) is 1. The first-order chi connectivity index (χ1) is 16.2. The zero-order valence-electron chi connectivity index (χ0n) is 21.8. The second-order valence-corrected chi connectivity index (χ2v) is 9.94. The number of benzene rings is 1. The second-order valence-electron chi connectivity index (χ2n) is 9.94. The van der Waals surface area contributed by atoms with Crippen molar-refractivity contribution in [3.05, 3.63) is 41.6 Å². The molecule has 2 amide bonds. The number of anilines is 1. The van der Waals surface area contributed by atoms with Gasteiger partial charge in [-0.3, -0.25) is 9.59 Å². The van der Waals surface area contributed by atoms with E-state index in [1.807, 2.05) is 37.3 Å². The fraction of sp³-hybridized carbons (Fsp3) is 0.593. The number of methoxy groups -OCH3 is 1. The van der Waals surface area contributed by atoms with E-state index in [2.05, 4.69) is 33.0 Å². The van der Waals surface area contributed by atoms with E-state index in [-0.39, 0.29) is 23.8 Å². The summed E-state index contributed by atoms with van der Waals surface area (Å²) in [7, 11) is 1.64. The number of hydrogen-bond donors (Lipinski definition) is 1. The van der Waals surface area contributed by atoms with Crippen molar-refractivity contribution in [2.75, 3.05) is 32.1 Å². The van der Waals surface area contributed by atoms with Gasteiger partial charge in [0.25, 0.3) is 0 Å². The van der Waals surface area contributed by atoms with Gasteiger partial charge >= 0.3 is 0 Å². The molecule has 0 fully saturated rings. The molecule has 0 bridgehead atoms. The van der Waals surface area contributed by atoms with Crippen LogP contribution in [0.4, 0.5) is 5.82 Å². The summed E-state index contributed by atoms with van der Waals surface area (Å²) >= 11 is 0. The standard InChI is InChI=1S/C27H42N4O3/c1-7-8-9-10-15-26(33)30(16-12-17-34-6)20-25(32)28-24-19-23(27(3,4)5)29-31(24)22-14-11-13-21(2)18-22/h11,13-14,18-19H,7-10,12,15-17,20H2,1-6H3,(H,28,32). The summed E-state index contributed by atoms with van der Waals surface area (Å²) in [5.41, 5.74) is 2.71. The lowest BCUT2D eigenvalue weighted by Crippen LogP contribution is -2.39.